The van der Waals surface area contributed by atoms with Gasteiger partial charge in [-0.25, -0.2) is 9.78 Å². The lowest BCUT2D eigenvalue weighted by atomic mass is 10.1. The highest BCUT2D eigenvalue weighted by atomic mass is 16.6. The zero-order chi connectivity index (χ0) is 27.4. The Labute approximate surface area is 213 Å². The van der Waals surface area contributed by atoms with Crippen LogP contribution in [0.4, 0.5) is 10.6 Å². The minimum Gasteiger partial charge on any atom is -0.460 e. The number of pyridine rings is 1. The molecule has 0 unspecified atom stereocenters. The SMILES string of the molecule is CC(C)(C)OC(=O)C[C@H](NC(=O)OC(C)(C)C)C(=O)N1c2ncccc2C[C@H]1C(=O)NCc1nn[nH]n1. The number of amides is 3. The van der Waals surface area contributed by atoms with E-state index in [1.807, 2.05) is 0 Å². The van der Waals surface area contributed by atoms with Gasteiger partial charge in [0.1, 0.15) is 29.1 Å². The monoisotopic (exact) mass is 516 g/mol. The minimum absolute atomic E-state index is 0.0187. The summed E-state index contributed by atoms with van der Waals surface area (Å²) in [4.78, 5) is 57.7. The van der Waals surface area contributed by atoms with Crippen LogP contribution in [-0.2, 0) is 36.8 Å². The van der Waals surface area contributed by atoms with Crippen molar-refractivity contribution in [2.24, 2.45) is 0 Å². The average molecular weight is 517 g/mol. The highest BCUT2D eigenvalue weighted by Crippen LogP contribution is 2.31. The molecule has 3 amide bonds. The van der Waals surface area contributed by atoms with E-state index in [-0.39, 0.29) is 24.6 Å². The molecule has 14 heteroatoms. The highest BCUT2D eigenvalue weighted by molar-refractivity contribution is 6.06. The molecule has 14 nitrogen and oxygen atoms in total. The van der Waals surface area contributed by atoms with Crippen LogP contribution in [0.1, 0.15) is 59.4 Å². The third kappa shape index (κ3) is 7.69. The van der Waals surface area contributed by atoms with Gasteiger partial charge in [0.2, 0.25) is 5.91 Å². The zero-order valence-electron chi connectivity index (χ0n) is 21.7. The van der Waals surface area contributed by atoms with Crippen LogP contribution in [0.15, 0.2) is 18.3 Å². The molecule has 0 radical (unpaired) electrons. The molecule has 0 aromatic carbocycles. The minimum atomic E-state index is -1.38. The van der Waals surface area contributed by atoms with E-state index in [4.69, 9.17) is 9.47 Å². The molecule has 0 saturated heterocycles. The number of esters is 1. The third-order valence-electron chi connectivity index (χ3n) is 4.95. The molecule has 0 aliphatic carbocycles. The van der Waals surface area contributed by atoms with Crippen LogP contribution in [0.5, 0.6) is 0 Å². The number of rotatable bonds is 7. The van der Waals surface area contributed by atoms with Crippen molar-refractivity contribution >= 4 is 29.7 Å². The first-order valence-electron chi connectivity index (χ1n) is 11.7. The molecule has 2 atom stereocenters. The van der Waals surface area contributed by atoms with Crippen LogP contribution >= 0.6 is 0 Å². The maximum Gasteiger partial charge on any atom is 0.408 e. The highest BCUT2D eigenvalue weighted by Gasteiger charge is 2.43. The number of hydrogen-bond acceptors (Lipinski definition) is 10. The summed E-state index contributed by atoms with van der Waals surface area (Å²) in [6.45, 7) is 10.1. The third-order valence-corrected chi connectivity index (χ3v) is 4.95. The Morgan fingerprint density at radius 3 is 2.46 bits per heavy atom. The first kappa shape index (κ1) is 27.5. The lowest BCUT2D eigenvalue weighted by Gasteiger charge is -2.29. The number of aromatic nitrogens is 5. The van der Waals surface area contributed by atoms with E-state index in [0.29, 0.717) is 5.56 Å². The molecular weight excluding hydrogens is 484 g/mol. The fourth-order valence-electron chi connectivity index (χ4n) is 3.63. The van der Waals surface area contributed by atoms with E-state index in [1.54, 1.807) is 53.7 Å². The summed E-state index contributed by atoms with van der Waals surface area (Å²) in [7, 11) is 0. The molecule has 0 bridgehead atoms. The van der Waals surface area contributed by atoms with Gasteiger partial charge in [0.25, 0.3) is 5.91 Å². The van der Waals surface area contributed by atoms with Gasteiger partial charge in [0.15, 0.2) is 5.82 Å². The molecule has 1 aliphatic heterocycles. The number of H-pyrrole nitrogens is 1. The number of nitrogens with zero attached hydrogens (tertiary/aromatic N) is 5. The number of anilines is 1. The van der Waals surface area contributed by atoms with Crippen molar-refractivity contribution in [3.05, 3.63) is 29.7 Å². The molecule has 2 aromatic rings. The van der Waals surface area contributed by atoms with Gasteiger partial charge in [-0.3, -0.25) is 19.3 Å². The molecule has 3 heterocycles. The van der Waals surface area contributed by atoms with Crippen molar-refractivity contribution in [2.75, 3.05) is 4.90 Å². The van der Waals surface area contributed by atoms with Crippen LogP contribution in [0.2, 0.25) is 0 Å². The lowest BCUT2D eigenvalue weighted by Crippen LogP contribution is -2.56. The summed E-state index contributed by atoms with van der Waals surface area (Å²) in [5.74, 6) is -1.40. The second-order valence-corrected chi connectivity index (χ2v) is 10.4. The van der Waals surface area contributed by atoms with Crippen molar-refractivity contribution in [1.29, 1.82) is 0 Å². The quantitative estimate of drug-likeness (QED) is 0.445. The van der Waals surface area contributed by atoms with Crippen molar-refractivity contribution in [2.45, 2.75) is 84.2 Å². The molecule has 37 heavy (non-hydrogen) atoms. The van der Waals surface area contributed by atoms with Gasteiger partial charge < -0.3 is 20.1 Å². The number of alkyl carbamates (subject to hydrolysis) is 1. The normalized spacial score (nSPS) is 15.9. The Bertz CT molecular complexity index is 1110. The van der Waals surface area contributed by atoms with Gasteiger partial charge >= 0.3 is 12.1 Å². The molecule has 1 aliphatic rings. The van der Waals surface area contributed by atoms with E-state index in [9.17, 15) is 19.2 Å². The predicted molar refractivity (Wildman–Crippen MR) is 129 cm³/mol. The molecule has 3 rings (SSSR count). The van der Waals surface area contributed by atoms with Crippen LogP contribution in [0.25, 0.3) is 0 Å². The standard InChI is InChI=1S/C23H32N8O6/c1-22(2,3)36-17(32)11-14(26-21(35)37-23(4,5)6)20(34)31-15(10-13-8-7-9-24-18(13)31)19(33)25-12-16-27-29-30-28-16/h7-9,14-15H,10-12H2,1-6H3,(H,25,33)(H,26,35)(H,27,28,29,30)/t14-,15-/m0/s1. The predicted octanol–water partition coefficient (Wildman–Crippen LogP) is 0.794. The number of hydrogen-bond donors (Lipinski definition) is 3. The first-order valence-corrected chi connectivity index (χ1v) is 11.7. The largest absolute Gasteiger partial charge is 0.460 e. The maximum absolute atomic E-state index is 13.8. The number of carbonyl (C=O) groups is 4. The molecule has 0 spiro atoms. The number of fused-ring (bicyclic) bond motifs is 1. The van der Waals surface area contributed by atoms with E-state index < -0.39 is 53.6 Å². The van der Waals surface area contributed by atoms with E-state index in [2.05, 4.69) is 36.2 Å². The summed E-state index contributed by atoms with van der Waals surface area (Å²) < 4.78 is 10.7. The fourth-order valence-corrected chi connectivity index (χ4v) is 3.63. The van der Waals surface area contributed by atoms with E-state index >= 15 is 0 Å². The Hall–Kier alpha value is -4.10. The molecule has 0 saturated carbocycles. The van der Waals surface area contributed by atoms with Gasteiger partial charge in [-0.2, -0.15) is 5.21 Å². The Morgan fingerprint density at radius 1 is 1.14 bits per heavy atom. The Morgan fingerprint density at radius 2 is 1.84 bits per heavy atom. The fraction of sp³-hybridized carbons (Fsp3) is 0.565. The van der Waals surface area contributed by atoms with Crippen LogP contribution < -0.4 is 15.5 Å². The molecule has 200 valence electrons. The number of aromatic amines is 1. The number of carbonyl (C=O) groups excluding carboxylic acids is 4. The van der Waals surface area contributed by atoms with Crippen molar-refractivity contribution in [3.63, 3.8) is 0 Å². The Balaban J connectivity index is 1.88. The van der Waals surface area contributed by atoms with Gasteiger partial charge in [0, 0.05) is 12.6 Å². The van der Waals surface area contributed by atoms with Crippen molar-refractivity contribution < 1.29 is 28.7 Å². The van der Waals surface area contributed by atoms with E-state index in [0.717, 1.165) is 0 Å². The second kappa shape index (κ2) is 10.9. The van der Waals surface area contributed by atoms with Crippen LogP contribution in [0.3, 0.4) is 0 Å². The average Bonchev–Trinajstić information content (AvgIpc) is 3.41. The summed E-state index contributed by atoms with van der Waals surface area (Å²) in [5, 5.41) is 18.5. The lowest BCUT2D eigenvalue weighted by molar-refractivity contribution is -0.156. The van der Waals surface area contributed by atoms with E-state index in [1.165, 1.54) is 11.1 Å². The molecular formula is C23H32N8O6. The van der Waals surface area contributed by atoms with Gasteiger partial charge in [-0.05, 0) is 53.2 Å². The smallest absolute Gasteiger partial charge is 0.408 e. The molecule has 2 aromatic heterocycles. The summed E-state index contributed by atoms with van der Waals surface area (Å²) in [6, 6.07) is 1.06. The number of nitrogens with one attached hydrogen (secondary N) is 3. The number of tetrazole rings is 1. The van der Waals surface area contributed by atoms with Crippen LogP contribution in [-0.4, -0.2) is 72.8 Å². The molecule has 3 N–H and O–H groups in total. The summed E-state index contributed by atoms with van der Waals surface area (Å²) >= 11 is 0. The van der Waals surface area contributed by atoms with Crippen molar-refractivity contribution in [1.82, 2.24) is 36.2 Å². The van der Waals surface area contributed by atoms with Gasteiger partial charge in [-0.15, -0.1) is 10.2 Å². The van der Waals surface area contributed by atoms with Crippen molar-refractivity contribution in [3.8, 4) is 0 Å². The summed E-state index contributed by atoms with van der Waals surface area (Å²) in [6.07, 6.45) is 0.292. The number of ether oxygens (including phenoxy) is 2. The Kier molecular flexibility index (Phi) is 8.09. The zero-order valence-corrected chi connectivity index (χ0v) is 21.7. The first-order chi connectivity index (χ1) is 17.2. The summed E-state index contributed by atoms with van der Waals surface area (Å²) in [5.41, 5.74) is -0.997. The topological polar surface area (TPSA) is 181 Å². The van der Waals surface area contributed by atoms with Gasteiger partial charge in [0.05, 0.1) is 13.0 Å². The van der Waals surface area contributed by atoms with Crippen LogP contribution in [0, 0.1) is 0 Å². The molecule has 0 fully saturated rings. The maximum atomic E-state index is 13.8. The van der Waals surface area contributed by atoms with Gasteiger partial charge in [-0.1, -0.05) is 11.3 Å². The second-order valence-electron chi connectivity index (χ2n) is 10.4.